The van der Waals surface area contributed by atoms with Gasteiger partial charge in [0, 0.05) is 14.8 Å². The molecule has 1 atom stereocenters. The number of hydrogen-bond acceptors (Lipinski definition) is 5. The van der Waals surface area contributed by atoms with Gasteiger partial charge in [-0.2, -0.15) is 0 Å². The number of hydrogen-bond donors (Lipinski definition) is 1. The Kier molecular flexibility index (Phi) is 10.7. The summed E-state index contributed by atoms with van der Waals surface area (Å²) in [4.78, 5) is 26.3. The maximum atomic E-state index is 12.3. The van der Waals surface area contributed by atoms with E-state index in [-0.39, 0.29) is 0 Å². The van der Waals surface area contributed by atoms with Crippen LogP contribution in [0.5, 0.6) is 5.75 Å². The van der Waals surface area contributed by atoms with Crippen molar-refractivity contribution in [2.75, 3.05) is 0 Å². The Bertz CT molecular complexity index is 1210. The molecular weight excluding hydrogens is 518 g/mol. The molecule has 7 heteroatoms. The van der Waals surface area contributed by atoms with Crippen molar-refractivity contribution in [1.82, 2.24) is 5.32 Å². The zero-order valence-corrected chi connectivity index (χ0v) is 24.0. The standard InChI is InChI=1S/C31H36ClNO4S/c1-5-31(22-34,33-29(35)37-30(2,3)4)18-10-13-24-16-17-27(20-28(24)32)38-26-15-9-14-25(19-26)36-21-23-11-7-6-8-12-23/h6-9,11-12,14-17,19-20,22H,5,10,13,18,21H2,1-4H3,(H,33,35). The molecule has 38 heavy (non-hydrogen) atoms. The maximum absolute atomic E-state index is 12.3. The first-order chi connectivity index (χ1) is 18.1. The van der Waals surface area contributed by atoms with Crippen molar-refractivity contribution in [1.29, 1.82) is 0 Å². The van der Waals surface area contributed by atoms with Crippen LogP contribution in [-0.2, 0) is 22.6 Å². The highest BCUT2D eigenvalue weighted by Gasteiger charge is 2.31. The topological polar surface area (TPSA) is 64.6 Å². The zero-order valence-electron chi connectivity index (χ0n) is 22.5. The number of carbonyl (C=O) groups excluding carboxylic acids is 2. The van der Waals surface area contributed by atoms with Gasteiger partial charge >= 0.3 is 6.09 Å². The van der Waals surface area contributed by atoms with Crippen molar-refractivity contribution in [3.63, 3.8) is 0 Å². The van der Waals surface area contributed by atoms with E-state index in [0.717, 1.165) is 33.0 Å². The number of carbonyl (C=O) groups is 2. The van der Waals surface area contributed by atoms with Crippen molar-refractivity contribution in [3.05, 3.63) is 88.9 Å². The Morgan fingerprint density at radius 2 is 1.74 bits per heavy atom. The number of halogens is 1. The summed E-state index contributed by atoms with van der Waals surface area (Å²) < 4.78 is 11.3. The largest absolute Gasteiger partial charge is 0.489 e. The number of nitrogens with one attached hydrogen (secondary N) is 1. The summed E-state index contributed by atoms with van der Waals surface area (Å²) in [5.74, 6) is 0.816. The Balaban J connectivity index is 1.56. The summed E-state index contributed by atoms with van der Waals surface area (Å²) in [7, 11) is 0. The second kappa shape index (κ2) is 13.7. The molecular formula is C31H36ClNO4S. The Labute approximate surface area is 235 Å². The lowest BCUT2D eigenvalue weighted by Gasteiger charge is -2.30. The third-order valence-corrected chi connectivity index (χ3v) is 7.32. The summed E-state index contributed by atoms with van der Waals surface area (Å²) in [6.45, 7) is 7.78. The SMILES string of the molecule is CCC(C=O)(CCCc1ccc(Sc2cccc(OCc3ccccc3)c2)cc1Cl)NC(=O)OC(C)(C)C. The highest BCUT2D eigenvalue weighted by molar-refractivity contribution is 7.99. The number of ether oxygens (including phenoxy) is 2. The third kappa shape index (κ3) is 9.41. The van der Waals surface area contributed by atoms with Gasteiger partial charge in [-0.3, -0.25) is 0 Å². The molecule has 0 radical (unpaired) electrons. The van der Waals surface area contributed by atoms with Crippen LogP contribution < -0.4 is 10.1 Å². The highest BCUT2D eigenvalue weighted by atomic mass is 35.5. The molecule has 0 aromatic heterocycles. The lowest BCUT2D eigenvalue weighted by molar-refractivity contribution is -0.113. The van der Waals surface area contributed by atoms with Gasteiger partial charge < -0.3 is 19.6 Å². The molecule has 0 aliphatic heterocycles. The van der Waals surface area contributed by atoms with Crippen LogP contribution in [0.4, 0.5) is 4.79 Å². The van der Waals surface area contributed by atoms with Crippen molar-refractivity contribution in [3.8, 4) is 5.75 Å². The molecule has 1 amide bonds. The normalized spacial score (nSPS) is 12.9. The number of aryl methyl sites for hydroxylation is 1. The smallest absolute Gasteiger partial charge is 0.408 e. The Morgan fingerprint density at radius 1 is 1.00 bits per heavy atom. The molecule has 0 aliphatic carbocycles. The van der Waals surface area contributed by atoms with Gasteiger partial charge in [0.05, 0.1) is 5.54 Å². The van der Waals surface area contributed by atoms with Crippen LogP contribution >= 0.6 is 23.4 Å². The second-order valence-electron chi connectivity index (χ2n) is 10.2. The summed E-state index contributed by atoms with van der Waals surface area (Å²) in [5.41, 5.74) is 0.538. The summed E-state index contributed by atoms with van der Waals surface area (Å²) >= 11 is 8.24. The van der Waals surface area contributed by atoms with Gasteiger partial charge in [0.15, 0.2) is 0 Å². The minimum absolute atomic E-state index is 0.479. The Hall–Kier alpha value is -2.96. The van der Waals surface area contributed by atoms with E-state index in [1.165, 1.54) is 0 Å². The van der Waals surface area contributed by atoms with Crippen LogP contribution in [0, 0.1) is 0 Å². The first kappa shape index (κ1) is 29.6. The van der Waals surface area contributed by atoms with Crippen LogP contribution in [0.1, 0.15) is 58.1 Å². The number of benzene rings is 3. The monoisotopic (exact) mass is 553 g/mol. The van der Waals surface area contributed by atoms with Crippen LogP contribution in [0.25, 0.3) is 0 Å². The summed E-state index contributed by atoms with van der Waals surface area (Å²) in [6, 6.07) is 24.1. The molecule has 3 rings (SSSR count). The fourth-order valence-corrected chi connectivity index (χ4v) is 5.15. The van der Waals surface area contributed by atoms with E-state index in [1.54, 1.807) is 32.5 Å². The molecule has 5 nitrogen and oxygen atoms in total. The van der Waals surface area contributed by atoms with Crippen LogP contribution in [-0.4, -0.2) is 23.5 Å². The van der Waals surface area contributed by atoms with Gasteiger partial charge in [-0.15, -0.1) is 0 Å². The number of aldehydes is 1. The Morgan fingerprint density at radius 3 is 2.39 bits per heavy atom. The van der Waals surface area contributed by atoms with Gasteiger partial charge in [-0.1, -0.05) is 72.8 Å². The van der Waals surface area contributed by atoms with Gasteiger partial charge in [0.25, 0.3) is 0 Å². The molecule has 0 bridgehead atoms. The van der Waals surface area contributed by atoms with E-state index in [9.17, 15) is 9.59 Å². The van der Waals surface area contributed by atoms with Crippen molar-refractivity contribution >= 4 is 35.7 Å². The minimum Gasteiger partial charge on any atom is -0.489 e. The summed E-state index contributed by atoms with van der Waals surface area (Å²) in [6.07, 6.45) is 2.59. The van der Waals surface area contributed by atoms with Crippen molar-refractivity contribution < 1.29 is 19.1 Å². The molecule has 0 fully saturated rings. The summed E-state index contributed by atoms with van der Waals surface area (Å²) in [5, 5.41) is 3.45. The minimum atomic E-state index is -0.960. The van der Waals surface area contributed by atoms with Gasteiger partial charge in [-0.05, 0) is 87.9 Å². The average molecular weight is 554 g/mol. The lowest BCUT2D eigenvalue weighted by Crippen LogP contribution is -2.51. The molecule has 3 aromatic rings. The van der Waals surface area contributed by atoms with Gasteiger partial charge in [0.2, 0.25) is 0 Å². The van der Waals surface area contributed by atoms with Crippen LogP contribution in [0.3, 0.4) is 0 Å². The second-order valence-corrected chi connectivity index (χ2v) is 11.8. The molecule has 3 aromatic carbocycles. The molecule has 0 spiro atoms. The predicted octanol–water partition coefficient (Wildman–Crippen LogP) is 8.27. The molecule has 1 unspecified atom stereocenters. The first-order valence-corrected chi connectivity index (χ1v) is 14.0. The van der Waals surface area contributed by atoms with Gasteiger partial charge in [0.1, 0.15) is 24.2 Å². The van der Waals surface area contributed by atoms with Crippen LogP contribution in [0.2, 0.25) is 5.02 Å². The number of amides is 1. The fraction of sp³-hybridized carbons (Fsp3) is 0.355. The quantitative estimate of drug-likeness (QED) is 0.229. The van der Waals surface area contributed by atoms with Crippen LogP contribution in [0.15, 0.2) is 82.6 Å². The van der Waals surface area contributed by atoms with E-state index in [2.05, 4.69) is 11.4 Å². The molecule has 0 aliphatic rings. The number of rotatable bonds is 12. The predicted molar refractivity (Wildman–Crippen MR) is 154 cm³/mol. The van der Waals surface area contributed by atoms with E-state index < -0.39 is 17.2 Å². The number of alkyl carbamates (subject to hydrolysis) is 1. The molecule has 202 valence electrons. The molecule has 0 heterocycles. The zero-order chi connectivity index (χ0) is 27.6. The highest BCUT2D eigenvalue weighted by Crippen LogP contribution is 2.33. The van der Waals surface area contributed by atoms with E-state index in [0.29, 0.717) is 37.3 Å². The molecule has 1 N–H and O–H groups in total. The molecule has 0 saturated heterocycles. The van der Waals surface area contributed by atoms with Crippen molar-refractivity contribution in [2.24, 2.45) is 0 Å². The van der Waals surface area contributed by atoms with E-state index >= 15 is 0 Å². The maximum Gasteiger partial charge on any atom is 0.408 e. The third-order valence-electron chi connectivity index (χ3n) is 5.99. The van der Waals surface area contributed by atoms with Crippen molar-refractivity contribution in [2.45, 2.75) is 80.9 Å². The molecule has 0 saturated carbocycles. The fourth-order valence-electron chi connectivity index (χ4n) is 3.90. The van der Waals surface area contributed by atoms with E-state index in [4.69, 9.17) is 21.1 Å². The van der Waals surface area contributed by atoms with Gasteiger partial charge in [-0.25, -0.2) is 4.79 Å². The lowest BCUT2D eigenvalue weighted by atomic mass is 9.90. The first-order valence-electron chi connectivity index (χ1n) is 12.8. The average Bonchev–Trinajstić information content (AvgIpc) is 2.88. The van der Waals surface area contributed by atoms with E-state index in [1.807, 2.05) is 73.7 Å².